The van der Waals surface area contributed by atoms with Crippen LogP contribution in [0, 0.1) is 11.8 Å². The van der Waals surface area contributed by atoms with Crippen LogP contribution in [-0.4, -0.2) is 35.6 Å². The topological polar surface area (TPSA) is 46.3 Å². The van der Waals surface area contributed by atoms with Crippen LogP contribution in [0.3, 0.4) is 0 Å². The van der Waals surface area contributed by atoms with Gasteiger partial charge in [-0.05, 0) is 25.7 Å². The third-order valence-electron chi connectivity index (χ3n) is 3.61. The maximum atomic E-state index is 12.5. The van der Waals surface area contributed by atoms with Gasteiger partial charge in [0.1, 0.15) is 0 Å². The number of amides is 1. The van der Waals surface area contributed by atoms with Gasteiger partial charge in [0.05, 0.1) is 10.9 Å². The molecule has 0 aromatic carbocycles. The van der Waals surface area contributed by atoms with Crippen LogP contribution in [0.25, 0.3) is 0 Å². The highest BCUT2D eigenvalue weighted by Crippen LogP contribution is 2.39. The van der Waals surface area contributed by atoms with E-state index in [1.165, 1.54) is 4.90 Å². The van der Waals surface area contributed by atoms with E-state index in [0.29, 0.717) is 30.8 Å². The van der Waals surface area contributed by atoms with Gasteiger partial charge in [0.25, 0.3) is 0 Å². The maximum Gasteiger partial charge on any atom is 0.391 e. The zero-order valence-corrected chi connectivity index (χ0v) is 11.7. The number of alkyl halides is 3. The number of hydrogen-bond acceptors (Lipinski definition) is 2. The molecular formula is C12H19F3N2OS. The van der Waals surface area contributed by atoms with Crippen molar-refractivity contribution in [3.8, 4) is 0 Å². The molecule has 1 rings (SSSR count). The van der Waals surface area contributed by atoms with E-state index in [1.807, 2.05) is 0 Å². The third kappa shape index (κ3) is 4.97. The summed E-state index contributed by atoms with van der Waals surface area (Å²) in [6.07, 6.45) is -2.99. The van der Waals surface area contributed by atoms with Crippen molar-refractivity contribution in [1.82, 2.24) is 4.90 Å². The van der Waals surface area contributed by atoms with Crippen molar-refractivity contribution in [2.75, 3.05) is 13.6 Å². The van der Waals surface area contributed by atoms with E-state index in [9.17, 15) is 18.0 Å². The van der Waals surface area contributed by atoms with Crippen molar-refractivity contribution in [2.24, 2.45) is 17.6 Å². The Bertz CT molecular complexity index is 338. The van der Waals surface area contributed by atoms with E-state index in [4.69, 9.17) is 18.0 Å². The minimum atomic E-state index is -4.13. The summed E-state index contributed by atoms with van der Waals surface area (Å²) in [4.78, 5) is 13.9. The molecule has 0 aromatic rings. The summed E-state index contributed by atoms with van der Waals surface area (Å²) in [5, 5.41) is 0. The van der Waals surface area contributed by atoms with E-state index >= 15 is 0 Å². The van der Waals surface area contributed by atoms with Crippen LogP contribution in [0.4, 0.5) is 13.2 Å². The smallest absolute Gasteiger partial charge is 0.391 e. The van der Waals surface area contributed by atoms with Crippen LogP contribution in [0.15, 0.2) is 0 Å². The molecule has 0 spiro atoms. The molecule has 2 N–H and O–H groups in total. The number of nitrogens with two attached hydrogens (primary N) is 1. The molecule has 1 fully saturated rings. The first-order valence-electron chi connectivity index (χ1n) is 6.31. The number of hydrogen-bond donors (Lipinski definition) is 1. The molecule has 0 atom stereocenters. The molecule has 1 amide bonds. The van der Waals surface area contributed by atoms with Gasteiger partial charge in [-0.3, -0.25) is 4.79 Å². The van der Waals surface area contributed by atoms with Gasteiger partial charge in [0.15, 0.2) is 0 Å². The van der Waals surface area contributed by atoms with Crippen molar-refractivity contribution in [2.45, 2.75) is 38.3 Å². The highest BCUT2D eigenvalue weighted by molar-refractivity contribution is 7.80. The highest BCUT2D eigenvalue weighted by Gasteiger charge is 2.42. The molecule has 0 saturated heterocycles. The van der Waals surface area contributed by atoms with E-state index in [0.717, 1.165) is 0 Å². The minimum Gasteiger partial charge on any atom is -0.393 e. The Kier molecular flexibility index (Phi) is 5.58. The maximum absolute atomic E-state index is 12.5. The fourth-order valence-electron chi connectivity index (χ4n) is 2.37. The molecule has 1 aliphatic rings. The van der Waals surface area contributed by atoms with Gasteiger partial charge in [0, 0.05) is 25.9 Å². The van der Waals surface area contributed by atoms with Crippen molar-refractivity contribution in [3.63, 3.8) is 0 Å². The van der Waals surface area contributed by atoms with Crippen LogP contribution in [-0.2, 0) is 4.79 Å². The first-order valence-corrected chi connectivity index (χ1v) is 6.72. The van der Waals surface area contributed by atoms with Gasteiger partial charge in [-0.2, -0.15) is 13.2 Å². The second-order valence-electron chi connectivity index (χ2n) is 5.07. The van der Waals surface area contributed by atoms with Crippen LogP contribution >= 0.6 is 12.2 Å². The van der Waals surface area contributed by atoms with Crippen LogP contribution in [0.2, 0.25) is 0 Å². The highest BCUT2D eigenvalue weighted by atomic mass is 32.1. The van der Waals surface area contributed by atoms with Crippen molar-refractivity contribution in [1.29, 1.82) is 0 Å². The zero-order valence-electron chi connectivity index (χ0n) is 10.9. The summed E-state index contributed by atoms with van der Waals surface area (Å²) in [7, 11) is 1.64. The molecule has 19 heavy (non-hydrogen) atoms. The molecule has 0 aliphatic heterocycles. The Hall–Kier alpha value is -0.850. The van der Waals surface area contributed by atoms with Gasteiger partial charge in [-0.15, -0.1) is 0 Å². The van der Waals surface area contributed by atoms with Gasteiger partial charge in [-0.1, -0.05) is 12.2 Å². The van der Waals surface area contributed by atoms with Gasteiger partial charge in [0.2, 0.25) is 5.91 Å². The number of carbonyl (C=O) groups excluding carboxylic acids is 1. The van der Waals surface area contributed by atoms with Crippen molar-refractivity contribution in [3.05, 3.63) is 0 Å². The van der Waals surface area contributed by atoms with Crippen molar-refractivity contribution < 1.29 is 18.0 Å². The van der Waals surface area contributed by atoms with E-state index in [2.05, 4.69) is 0 Å². The summed E-state index contributed by atoms with van der Waals surface area (Å²) in [5.74, 6) is -1.65. The molecule has 0 aromatic heterocycles. The normalized spacial score (nSPS) is 24.0. The van der Waals surface area contributed by atoms with Crippen LogP contribution < -0.4 is 5.73 Å². The second-order valence-corrected chi connectivity index (χ2v) is 5.59. The van der Waals surface area contributed by atoms with Gasteiger partial charge >= 0.3 is 6.18 Å². The van der Waals surface area contributed by atoms with Crippen LogP contribution in [0.5, 0.6) is 0 Å². The lowest BCUT2D eigenvalue weighted by Crippen LogP contribution is -2.38. The minimum absolute atomic E-state index is 0.0447. The molecule has 0 bridgehead atoms. The molecule has 1 saturated carbocycles. The Morgan fingerprint density at radius 3 is 2.26 bits per heavy atom. The van der Waals surface area contributed by atoms with Gasteiger partial charge < -0.3 is 10.6 Å². The fourth-order valence-corrected chi connectivity index (χ4v) is 2.46. The largest absolute Gasteiger partial charge is 0.393 e. The predicted molar refractivity (Wildman–Crippen MR) is 70.5 cm³/mol. The summed E-state index contributed by atoms with van der Waals surface area (Å²) in [5.41, 5.74) is 5.35. The van der Waals surface area contributed by atoms with E-state index in [1.54, 1.807) is 7.05 Å². The van der Waals surface area contributed by atoms with Gasteiger partial charge in [-0.25, -0.2) is 0 Å². The first kappa shape index (κ1) is 16.2. The first-order chi connectivity index (χ1) is 8.71. The average Bonchev–Trinajstić information content (AvgIpc) is 2.34. The predicted octanol–water partition coefficient (Wildman–Crippen LogP) is 2.49. The standard InChI is InChI=1S/C12H19F3N2OS/c1-17(7-6-10(16)19)11(18)8-2-4-9(5-3-8)12(13,14)15/h8-9H,2-7H2,1H3,(H2,16,19). The Balaban J connectivity index is 2.42. The SMILES string of the molecule is CN(CCC(N)=S)C(=O)C1CCC(C(F)(F)F)CC1. The fraction of sp³-hybridized carbons (Fsp3) is 0.833. The van der Waals surface area contributed by atoms with Crippen molar-refractivity contribution >= 4 is 23.1 Å². The third-order valence-corrected chi connectivity index (χ3v) is 3.81. The molecular weight excluding hydrogens is 277 g/mol. The average molecular weight is 296 g/mol. The molecule has 7 heteroatoms. The zero-order chi connectivity index (χ0) is 14.6. The van der Waals surface area contributed by atoms with E-state index < -0.39 is 12.1 Å². The molecule has 0 heterocycles. The quantitative estimate of drug-likeness (QED) is 0.811. The Morgan fingerprint density at radius 1 is 1.32 bits per heavy atom. The lowest BCUT2D eigenvalue weighted by molar-refractivity contribution is -0.185. The lowest BCUT2D eigenvalue weighted by atomic mass is 9.81. The Morgan fingerprint density at radius 2 is 1.84 bits per heavy atom. The summed E-state index contributed by atoms with van der Waals surface area (Å²) >= 11 is 4.73. The lowest BCUT2D eigenvalue weighted by Gasteiger charge is -2.31. The monoisotopic (exact) mass is 296 g/mol. The number of carbonyl (C=O) groups is 1. The van der Waals surface area contributed by atoms with Crippen LogP contribution in [0.1, 0.15) is 32.1 Å². The number of halogens is 3. The number of nitrogens with zero attached hydrogens (tertiary/aromatic N) is 1. The molecule has 0 unspecified atom stereocenters. The van der Waals surface area contributed by atoms with E-state index in [-0.39, 0.29) is 24.7 Å². The summed E-state index contributed by atoms with van der Waals surface area (Å²) in [6, 6.07) is 0. The molecule has 1 aliphatic carbocycles. The molecule has 0 radical (unpaired) electrons. The number of rotatable bonds is 4. The number of thiocarbonyl (C=S) groups is 1. The molecule has 3 nitrogen and oxygen atoms in total. The summed E-state index contributed by atoms with van der Waals surface area (Å²) < 4.78 is 37.5. The summed E-state index contributed by atoms with van der Waals surface area (Å²) in [6.45, 7) is 0.424. The Labute approximate surface area is 116 Å². The second kappa shape index (κ2) is 6.54. The molecule has 110 valence electrons.